The molecule has 0 aliphatic carbocycles. The summed E-state index contributed by atoms with van der Waals surface area (Å²) in [5, 5.41) is 7.07. The van der Waals surface area contributed by atoms with Crippen LogP contribution < -0.4 is 10.6 Å². The summed E-state index contributed by atoms with van der Waals surface area (Å²) in [5.41, 5.74) is 2.90. The monoisotopic (exact) mass is 369 g/mol. The first-order chi connectivity index (χ1) is 11.4. The second kappa shape index (κ2) is 6.63. The van der Waals surface area contributed by atoms with Gasteiger partial charge in [0.05, 0.1) is 27.2 Å². The van der Waals surface area contributed by atoms with Crippen LogP contribution in [0.1, 0.15) is 24.1 Å². The summed E-state index contributed by atoms with van der Waals surface area (Å²) in [4.78, 5) is 27.4. The number of amides is 2. The Morgan fingerprint density at radius 3 is 2.92 bits per heavy atom. The highest BCUT2D eigenvalue weighted by atomic mass is 35.5. The summed E-state index contributed by atoms with van der Waals surface area (Å²) < 4.78 is 4.85. The second-order valence-corrected chi connectivity index (χ2v) is 6.52. The molecule has 0 radical (unpaired) electrons. The number of nitrogens with one attached hydrogen (secondary N) is 3. The van der Waals surface area contributed by atoms with Crippen LogP contribution in [0.5, 0.6) is 0 Å². The van der Waals surface area contributed by atoms with Crippen LogP contribution in [0.2, 0.25) is 10.0 Å². The summed E-state index contributed by atoms with van der Waals surface area (Å²) in [6.07, 6.45) is 0.652. The third kappa shape index (κ3) is 2.85. The zero-order valence-electron chi connectivity index (χ0n) is 13.3. The molecule has 8 heteroatoms. The number of fused-ring (bicyclic) bond motifs is 3. The number of hydrogen-bond acceptors (Lipinski definition) is 3. The fourth-order valence-electron chi connectivity index (χ4n) is 3.08. The number of H-pyrrole nitrogens is 1. The van der Waals surface area contributed by atoms with Crippen molar-refractivity contribution in [1.29, 1.82) is 0 Å². The van der Waals surface area contributed by atoms with E-state index in [-0.39, 0.29) is 24.3 Å². The SMILES string of the molecule is COCC(=O)Nc1cc(Cl)c(Cl)c2[nH]c3c(c12)[C@H](C)C(=O)NCC3. The van der Waals surface area contributed by atoms with Crippen molar-refractivity contribution in [3.63, 3.8) is 0 Å². The van der Waals surface area contributed by atoms with E-state index < -0.39 is 0 Å². The van der Waals surface area contributed by atoms with Crippen LogP contribution in [0.4, 0.5) is 5.69 Å². The Kier molecular flexibility index (Phi) is 4.71. The van der Waals surface area contributed by atoms with E-state index >= 15 is 0 Å². The van der Waals surface area contributed by atoms with Gasteiger partial charge in [-0.2, -0.15) is 0 Å². The van der Waals surface area contributed by atoms with Crippen LogP contribution in [0, 0.1) is 0 Å². The average molecular weight is 370 g/mol. The van der Waals surface area contributed by atoms with Crippen molar-refractivity contribution >= 4 is 51.6 Å². The van der Waals surface area contributed by atoms with E-state index in [4.69, 9.17) is 27.9 Å². The minimum atomic E-state index is -0.369. The number of benzene rings is 1. The minimum Gasteiger partial charge on any atom is -0.375 e. The number of ether oxygens (including phenoxy) is 1. The zero-order valence-corrected chi connectivity index (χ0v) is 14.8. The maximum absolute atomic E-state index is 12.2. The van der Waals surface area contributed by atoms with Crippen molar-refractivity contribution in [3.8, 4) is 0 Å². The number of rotatable bonds is 3. The molecule has 0 bridgehead atoms. The van der Waals surface area contributed by atoms with Gasteiger partial charge in [-0.25, -0.2) is 0 Å². The molecule has 6 nitrogen and oxygen atoms in total. The lowest BCUT2D eigenvalue weighted by Gasteiger charge is -2.13. The van der Waals surface area contributed by atoms with Gasteiger partial charge in [0.2, 0.25) is 11.8 Å². The Balaban J connectivity index is 2.24. The van der Waals surface area contributed by atoms with Gasteiger partial charge in [-0.3, -0.25) is 9.59 Å². The predicted molar refractivity (Wildman–Crippen MR) is 94.0 cm³/mol. The van der Waals surface area contributed by atoms with Crippen molar-refractivity contribution in [2.45, 2.75) is 19.3 Å². The molecule has 0 spiro atoms. The molecule has 128 valence electrons. The molecule has 1 aliphatic heterocycles. The van der Waals surface area contributed by atoms with Gasteiger partial charge in [0.25, 0.3) is 0 Å². The molecule has 2 amide bonds. The molecule has 3 rings (SSSR count). The Morgan fingerprint density at radius 2 is 2.21 bits per heavy atom. The molecular weight excluding hydrogens is 353 g/mol. The van der Waals surface area contributed by atoms with Gasteiger partial charge in [0.15, 0.2) is 0 Å². The van der Waals surface area contributed by atoms with Crippen molar-refractivity contribution in [1.82, 2.24) is 10.3 Å². The molecule has 2 heterocycles. The number of carbonyl (C=O) groups is 2. The van der Waals surface area contributed by atoms with Crippen LogP contribution in [0.15, 0.2) is 6.07 Å². The zero-order chi connectivity index (χ0) is 17.4. The molecule has 3 N–H and O–H groups in total. The molecule has 0 fully saturated rings. The van der Waals surface area contributed by atoms with Crippen LogP contribution >= 0.6 is 23.2 Å². The van der Waals surface area contributed by atoms with Crippen LogP contribution in [0.25, 0.3) is 10.9 Å². The highest BCUT2D eigenvalue weighted by Gasteiger charge is 2.28. The number of methoxy groups -OCH3 is 1. The number of carbonyl (C=O) groups excluding carboxylic acids is 2. The lowest BCUT2D eigenvalue weighted by molar-refractivity contribution is -0.122. The summed E-state index contributed by atoms with van der Waals surface area (Å²) in [7, 11) is 1.44. The van der Waals surface area contributed by atoms with Gasteiger partial charge in [0.1, 0.15) is 6.61 Å². The number of anilines is 1. The molecule has 1 atom stereocenters. The third-order valence-corrected chi connectivity index (χ3v) is 4.93. The first kappa shape index (κ1) is 17.1. The largest absolute Gasteiger partial charge is 0.375 e. The third-order valence-electron chi connectivity index (χ3n) is 4.14. The van der Waals surface area contributed by atoms with Crippen LogP contribution in [-0.4, -0.2) is 37.1 Å². The topological polar surface area (TPSA) is 83.2 Å². The Labute approximate surface area is 148 Å². The van der Waals surface area contributed by atoms with Gasteiger partial charge in [-0.1, -0.05) is 23.2 Å². The maximum Gasteiger partial charge on any atom is 0.250 e. The summed E-state index contributed by atoms with van der Waals surface area (Å²) in [6, 6.07) is 1.60. The van der Waals surface area contributed by atoms with Crippen LogP contribution in [-0.2, 0) is 20.7 Å². The fraction of sp³-hybridized carbons (Fsp3) is 0.375. The quantitative estimate of drug-likeness (QED) is 0.777. The fourth-order valence-corrected chi connectivity index (χ4v) is 3.48. The molecule has 1 aromatic carbocycles. The highest BCUT2D eigenvalue weighted by Crippen LogP contribution is 2.42. The number of aromatic amines is 1. The molecule has 1 aromatic heterocycles. The Bertz CT molecular complexity index is 832. The lowest BCUT2D eigenvalue weighted by Crippen LogP contribution is -2.27. The summed E-state index contributed by atoms with van der Waals surface area (Å²) >= 11 is 12.5. The normalized spacial score (nSPS) is 17.3. The van der Waals surface area contributed by atoms with Gasteiger partial charge >= 0.3 is 0 Å². The first-order valence-electron chi connectivity index (χ1n) is 7.53. The summed E-state index contributed by atoms with van der Waals surface area (Å²) in [5.74, 6) is -0.737. The standard InChI is InChI=1S/C16H17Cl2N3O3/c1-7-12-9(3-4-19-16(7)23)21-15-13(12)10(5-8(17)14(15)18)20-11(22)6-24-2/h5,7,21H,3-4,6H2,1-2H3,(H,19,23)(H,20,22)/t7-/m0/s1. The number of halogens is 2. The van der Waals surface area contributed by atoms with Crippen molar-refractivity contribution in [2.75, 3.05) is 25.6 Å². The van der Waals surface area contributed by atoms with E-state index in [1.54, 1.807) is 6.07 Å². The van der Waals surface area contributed by atoms with Crippen molar-refractivity contribution in [2.24, 2.45) is 0 Å². The van der Waals surface area contributed by atoms with E-state index in [9.17, 15) is 9.59 Å². The van der Waals surface area contributed by atoms with Gasteiger partial charge < -0.3 is 20.4 Å². The van der Waals surface area contributed by atoms with Gasteiger partial charge in [-0.15, -0.1) is 0 Å². The van der Waals surface area contributed by atoms with E-state index in [1.165, 1.54) is 7.11 Å². The van der Waals surface area contributed by atoms with Gasteiger partial charge in [-0.05, 0) is 18.6 Å². The van der Waals surface area contributed by atoms with E-state index in [2.05, 4.69) is 15.6 Å². The average Bonchev–Trinajstić information content (AvgIpc) is 2.85. The number of hydrogen-bond donors (Lipinski definition) is 3. The molecule has 0 saturated carbocycles. The van der Waals surface area contributed by atoms with Crippen LogP contribution in [0.3, 0.4) is 0 Å². The van der Waals surface area contributed by atoms with E-state index in [0.717, 1.165) is 11.3 Å². The molecule has 24 heavy (non-hydrogen) atoms. The molecular formula is C16H17Cl2N3O3. The second-order valence-electron chi connectivity index (χ2n) is 5.73. The molecule has 0 saturated heterocycles. The number of aromatic nitrogens is 1. The van der Waals surface area contributed by atoms with Crippen molar-refractivity contribution < 1.29 is 14.3 Å². The molecule has 0 unspecified atom stereocenters. The smallest absolute Gasteiger partial charge is 0.250 e. The lowest BCUT2D eigenvalue weighted by atomic mass is 9.96. The summed E-state index contributed by atoms with van der Waals surface area (Å²) in [6.45, 7) is 2.29. The Morgan fingerprint density at radius 1 is 1.46 bits per heavy atom. The minimum absolute atomic E-state index is 0.0603. The first-order valence-corrected chi connectivity index (χ1v) is 8.28. The van der Waals surface area contributed by atoms with E-state index in [1.807, 2.05) is 6.92 Å². The van der Waals surface area contributed by atoms with E-state index in [0.29, 0.717) is 39.6 Å². The van der Waals surface area contributed by atoms with Gasteiger partial charge in [0, 0.05) is 31.2 Å². The maximum atomic E-state index is 12.2. The predicted octanol–water partition coefficient (Wildman–Crippen LogP) is 2.84. The Hall–Kier alpha value is -1.76. The van der Waals surface area contributed by atoms with Crippen molar-refractivity contribution in [3.05, 3.63) is 27.4 Å². The molecule has 1 aliphatic rings. The highest BCUT2D eigenvalue weighted by molar-refractivity contribution is 6.45. The molecule has 2 aromatic rings.